The van der Waals surface area contributed by atoms with Crippen molar-refractivity contribution >= 4 is 23.4 Å². The standard InChI is InChI=1S/C17H15ClO4/c1-3-21-15-7-5-4-6-13(15)17(20)22-16-9-8-12(18)10-14(16)11(2)19/h4-10H,3H2,1-2H3. The van der Waals surface area contributed by atoms with Gasteiger partial charge < -0.3 is 9.47 Å². The Hall–Kier alpha value is -2.33. The maximum atomic E-state index is 12.3. The Morgan fingerprint density at radius 3 is 2.45 bits per heavy atom. The second-order valence-electron chi connectivity index (χ2n) is 4.52. The number of para-hydroxylation sites is 1. The summed E-state index contributed by atoms with van der Waals surface area (Å²) in [5.41, 5.74) is 0.559. The number of Topliss-reactive ketones (excluding diaryl/α,β-unsaturated/α-hetero) is 1. The van der Waals surface area contributed by atoms with Gasteiger partial charge >= 0.3 is 5.97 Å². The quantitative estimate of drug-likeness (QED) is 0.472. The molecule has 0 aliphatic carbocycles. The normalized spacial score (nSPS) is 10.1. The molecular weight excluding hydrogens is 304 g/mol. The number of hydrogen-bond acceptors (Lipinski definition) is 4. The van der Waals surface area contributed by atoms with Crippen molar-refractivity contribution in [2.24, 2.45) is 0 Å². The van der Waals surface area contributed by atoms with Crippen molar-refractivity contribution in [1.29, 1.82) is 0 Å². The minimum absolute atomic E-state index is 0.174. The molecule has 0 unspecified atom stereocenters. The predicted molar refractivity (Wildman–Crippen MR) is 84.0 cm³/mol. The van der Waals surface area contributed by atoms with Crippen LogP contribution in [0.3, 0.4) is 0 Å². The number of carbonyl (C=O) groups is 2. The molecule has 5 heteroatoms. The van der Waals surface area contributed by atoms with Crippen molar-refractivity contribution < 1.29 is 19.1 Å². The smallest absolute Gasteiger partial charge is 0.347 e. The molecule has 0 amide bonds. The molecule has 0 heterocycles. The summed E-state index contributed by atoms with van der Waals surface area (Å²) in [4.78, 5) is 24.0. The van der Waals surface area contributed by atoms with Crippen molar-refractivity contribution in [3.05, 3.63) is 58.6 Å². The van der Waals surface area contributed by atoms with Gasteiger partial charge in [0.2, 0.25) is 0 Å². The van der Waals surface area contributed by atoms with Gasteiger partial charge in [0.05, 0.1) is 12.2 Å². The van der Waals surface area contributed by atoms with Crippen LogP contribution in [0.15, 0.2) is 42.5 Å². The average molecular weight is 319 g/mol. The van der Waals surface area contributed by atoms with Crippen LogP contribution in [0.2, 0.25) is 5.02 Å². The molecule has 0 fully saturated rings. The minimum atomic E-state index is -0.589. The number of carbonyl (C=O) groups excluding carboxylic acids is 2. The van der Waals surface area contributed by atoms with Gasteiger partial charge in [-0.15, -0.1) is 0 Å². The Balaban J connectivity index is 2.32. The van der Waals surface area contributed by atoms with Gasteiger partial charge in [0.15, 0.2) is 5.78 Å². The summed E-state index contributed by atoms with van der Waals surface area (Å²) < 4.78 is 10.7. The number of hydrogen-bond donors (Lipinski definition) is 0. The van der Waals surface area contributed by atoms with E-state index < -0.39 is 5.97 Å². The molecule has 0 bridgehead atoms. The molecule has 0 atom stereocenters. The Morgan fingerprint density at radius 1 is 1.05 bits per heavy atom. The lowest BCUT2D eigenvalue weighted by atomic mass is 10.1. The third-order valence-corrected chi connectivity index (χ3v) is 3.17. The molecule has 0 spiro atoms. The monoisotopic (exact) mass is 318 g/mol. The summed E-state index contributed by atoms with van der Waals surface area (Å²) in [6.45, 7) is 3.65. The van der Waals surface area contributed by atoms with Crippen LogP contribution in [-0.2, 0) is 0 Å². The van der Waals surface area contributed by atoms with Crippen molar-refractivity contribution in [2.75, 3.05) is 6.61 Å². The van der Waals surface area contributed by atoms with Crippen LogP contribution in [0.25, 0.3) is 0 Å². The Bertz CT molecular complexity index is 710. The molecule has 0 aliphatic heterocycles. The molecule has 0 aliphatic rings. The highest BCUT2D eigenvalue weighted by atomic mass is 35.5. The van der Waals surface area contributed by atoms with Crippen LogP contribution >= 0.6 is 11.6 Å². The Morgan fingerprint density at radius 2 is 1.77 bits per heavy atom. The fourth-order valence-corrected chi connectivity index (χ4v) is 2.11. The predicted octanol–water partition coefficient (Wildman–Crippen LogP) is 4.16. The van der Waals surface area contributed by atoms with E-state index in [2.05, 4.69) is 0 Å². The van der Waals surface area contributed by atoms with Gasteiger partial charge in [-0.1, -0.05) is 23.7 Å². The van der Waals surface area contributed by atoms with E-state index in [1.807, 2.05) is 6.92 Å². The van der Waals surface area contributed by atoms with E-state index in [1.165, 1.54) is 19.1 Å². The molecule has 0 radical (unpaired) electrons. The van der Waals surface area contributed by atoms with Gasteiger partial charge in [-0.3, -0.25) is 4.79 Å². The first kappa shape index (κ1) is 16.0. The van der Waals surface area contributed by atoms with Crippen molar-refractivity contribution in [3.8, 4) is 11.5 Å². The van der Waals surface area contributed by atoms with Gasteiger partial charge in [-0.2, -0.15) is 0 Å². The van der Waals surface area contributed by atoms with Crippen LogP contribution in [0.4, 0.5) is 0 Å². The molecule has 0 saturated carbocycles. The number of rotatable bonds is 5. The van der Waals surface area contributed by atoms with Gasteiger partial charge in [0.1, 0.15) is 17.1 Å². The topological polar surface area (TPSA) is 52.6 Å². The van der Waals surface area contributed by atoms with Crippen molar-refractivity contribution in [3.63, 3.8) is 0 Å². The number of ether oxygens (including phenoxy) is 2. The zero-order valence-corrected chi connectivity index (χ0v) is 13.0. The van der Waals surface area contributed by atoms with E-state index in [4.69, 9.17) is 21.1 Å². The van der Waals surface area contributed by atoms with Crippen LogP contribution in [-0.4, -0.2) is 18.4 Å². The molecule has 0 aromatic heterocycles. The van der Waals surface area contributed by atoms with E-state index >= 15 is 0 Å². The molecule has 0 N–H and O–H groups in total. The van der Waals surface area contributed by atoms with E-state index in [-0.39, 0.29) is 17.1 Å². The first-order valence-electron chi connectivity index (χ1n) is 6.77. The molecule has 0 saturated heterocycles. The van der Waals surface area contributed by atoms with E-state index in [1.54, 1.807) is 30.3 Å². The number of ketones is 1. The largest absolute Gasteiger partial charge is 0.493 e. The second-order valence-corrected chi connectivity index (χ2v) is 4.95. The molecule has 4 nitrogen and oxygen atoms in total. The summed E-state index contributed by atoms with van der Waals surface area (Å²) in [6, 6.07) is 11.3. The summed E-state index contributed by atoms with van der Waals surface area (Å²) >= 11 is 5.87. The van der Waals surface area contributed by atoms with Crippen molar-refractivity contribution in [1.82, 2.24) is 0 Å². The zero-order chi connectivity index (χ0) is 16.1. The first-order valence-corrected chi connectivity index (χ1v) is 7.15. The van der Waals surface area contributed by atoms with Crippen LogP contribution < -0.4 is 9.47 Å². The van der Waals surface area contributed by atoms with E-state index in [0.29, 0.717) is 22.9 Å². The highest BCUT2D eigenvalue weighted by Crippen LogP contribution is 2.26. The van der Waals surface area contributed by atoms with Crippen LogP contribution in [0, 0.1) is 0 Å². The summed E-state index contributed by atoms with van der Waals surface area (Å²) in [6.07, 6.45) is 0. The molecule has 2 aromatic rings. The van der Waals surface area contributed by atoms with Crippen LogP contribution in [0.1, 0.15) is 34.6 Å². The maximum Gasteiger partial charge on any atom is 0.347 e. The van der Waals surface area contributed by atoms with E-state index in [0.717, 1.165) is 0 Å². The van der Waals surface area contributed by atoms with Gasteiger partial charge in [0, 0.05) is 5.02 Å². The van der Waals surface area contributed by atoms with Gasteiger partial charge in [0.25, 0.3) is 0 Å². The third kappa shape index (κ3) is 3.65. The highest BCUT2D eigenvalue weighted by Gasteiger charge is 2.17. The first-order chi connectivity index (χ1) is 10.5. The zero-order valence-electron chi connectivity index (χ0n) is 12.3. The summed E-state index contributed by atoms with van der Waals surface area (Å²) in [5, 5.41) is 0.403. The molecule has 2 rings (SSSR count). The number of esters is 1. The Kier molecular flexibility index (Phi) is 5.17. The third-order valence-electron chi connectivity index (χ3n) is 2.93. The minimum Gasteiger partial charge on any atom is -0.493 e. The molecule has 2 aromatic carbocycles. The fraction of sp³-hybridized carbons (Fsp3) is 0.176. The average Bonchev–Trinajstić information content (AvgIpc) is 2.49. The SMILES string of the molecule is CCOc1ccccc1C(=O)Oc1ccc(Cl)cc1C(C)=O. The fourth-order valence-electron chi connectivity index (χ4n) is 1.94. The van der Waals surface area contributed by atoms with Gasteiger partial charge in [-0.05, 0) is 44.2 Å². The lowest BCUT2D eigenvalue weighted by molar-refractivity contribution is 0.0728. The second kappa shape index (κ2) is 7.09. The highest BCUT2D eigenvalue weighted by molar-refractivity contribution is 6.31. The van der Waals surface area contributed by atoms with E-state index in [9.17, 15) is 9.59 Å². The summed E-state index contributed by atoms with van der Waals surface area (Å²) in [7, 11) is 0. The van der Waals surface area contributed by atoms with Crippen molar-refractivity contribution in [2.45, 2.75) is 13.8 Å². The molecule has 22 heavy (non-hydrogen) atoms. The molecule has 114 valence electrons. The van der Waals surface area contributed by atoms with Crippen LogP contribution in [0.5, 0.6) is 11.5 Å². The number of benzene rings is 2. The lowest BCUT2D eigenvalue weighted by Gasteiger charge is -2.11. The number of halogens is 1. The van der Waals surface area contributed by atoms with Gasteiger partial charge in [-0.25, -0.2) is 4.79 Å². The lowest BCUT2D eigenvalue weighted by Crippen LogP contribution is -2.12. The Labute approximate surface area is 133 Å². The molecular formula is C17H15ClO4. The summed E-state index contributed by atoms with van der Waals surface area (Å²) in [5.74, 6) is -0.209. The maximum absolute atomic E-state index is 12.3.